The average Bonchev–Trinajstić information content (AvgIpc) is 2.77. The van der Waals surface area contributed by atoms with Crippen LogP contribution in [0.2, 0.25) is 0 Å². The highest BCUT2D eigenvalue weighted by atomic mass is 19.4. The number of nitrogens with two attached hydrogens (primary N) is 1. The van der Waals surface area contributed by atoms with Crippen molar-refractivity contribution in [3.8, 4) is 0 Å². The molecule has 7 heteroatoms. The Morgan fingerprint density at radius 3 is 2.68 bits per heavy atom. The number of hydrogen-bond donors (Lipinski definition) is 1. The summed E-state index contributed by atoms with van der Waals surface area (Å²) >= 11 is 0. The van der Waals surface area contributed by atoms with E-state index in [4.69, 9.17) is 10.3 Å². The summed E-state index contributed by atoms with van der Waals surface area (Å²) in [5.41, 5.74) is 5.32. The Morgan fingerprint density at radius 1 is 1.37 bits per heavy atom. The minimum Gasteiger partial charge on any atom is -0.339 e. The van der Waals surface area contributed by atoms with E-state index in [0.29, 0.717) is 11.4 Å². The van der Waals surface area contributed by atoms with Crippen LogP contribution in [0.5, 0.6) is 0 Å². The lowest BCUT2D eigenvalue weighted by molar-refractivity contribution is -0.137. The van der Waals surface area contributed by atoms with E-state index in [0.717, 1.165) is 12.1 Å². The Labute approximate surface area is 107 Å². The molecule has 0 aliphatic heterocycles. The topological polar surface area (TPSA) is 64.9 Å². The Morgan fingerprint density at radius 2 is 2.11 bits per heavy atom. The van der Waals surface area contributed by atoms with Gasteiger partial charge in [0, 0.05) is 0 Å². The zero-order chi connectivity index (χ0) is 14.0. The second kappa shape index (κ2) is 5.00. The van der Waals surface area contributed by atoms with E-state index >= 15 is 0 Å². The number of hydrogen-bond acceptors (Lipinski definition) is 4. The lowest BCUT2D eigenvalue weighted by Crippen LogP contribution is -2.07. The van der Waals surface area contributed by atoms with Crippen molar-refractivity contribution in [1.29, 1.82) is 0 Å². The van der Waals surface area contributed by atoms with Gasteiger partial charge in [0.25, 0.3) is 0 Å². The van der Waals surface area contributed by atoms with Gasteiger partial charge in [0.05, 0.1) is 18.0 Å². The summed E-state index contributed by atoms with van der Waals surface area (Å²) in [7, 11) is 0. The third kappa shape index (κ3) is 3.31. The maximum atomic E-state index is 12.5. The van der Waals surface area contributed by atoms with Gasteiger partial charge in [0.1, 0.15) is 0 Å². The highest BCUT2D eigenvalue weighted by Crippen LogP contribution is 2.29. The molecule has 1 unspecified atom stereocenters. The van der Waals surface area contributed by atoms with Gasteiger partial charge in [-0.1, -0.05) is 23.4 Å². The Hall–Kier alpha value is -1.89. The molecular formula is C12H12F3N3O. The van der Waals surface area contributed by atoms with Crippen LogP contribution in [0.1, 0.15) is 35.8 Å². The summed E-state index contributed by atoms with van der Waals surface area (Å²) in [6.07, 6.45) is -4.22. The van der Waals surface area contributed by atoms with Crippen molar-refractivity contribution in [2.45, 2.75) is 25.6 Å². The molecule has 102 valence electrons. The first kappa shape index (κ1) is 13.5. The lowest BCUT2D eigenvalue weighted by atomic mass is 10.1. The van der Waals surface area contributed by atoms with Gasteiger partial charge in [0.2, 0.25) is 5.89 Å². The molecule has 1 atom stereocenters. The predicted molar refractivity (Wildman–Crippen MR) is 61.2 cm³/mol. The molecule has 0 saturated heterocycles. The number of rotatable bonds is 3. The summed E-state index contributed by atoms with van der Waals surface area (Å²) in [6, 6.07) is 4.63. The molecule has 0 radical (unpaired) electrons. The molecule has 0 fully saturated rings. The van der Waals surface area contributed by atoms with Crippen LogP contribution >= 0.6 is 0 Å². The van der Waals surface area contributed by atoms with Crippen LogP contribution in [-0.4, -0.2) is 10.1 Å². The van der Waals surface area contributed by atoms with E-state index in [9.17, 15) is 13.2 Å². The van der Waals surface area contributed by atoms with E-state index in [1.165, 1.54) is 6.07 Å². The molecule has 4 nitrogen and oxygen atoms in total. The largest absolute Gasteiger partial charge is 0.416 e. The number of aromatic nitrogens is 2. The molecule has 2 rings (SSSR count). The van der Waals surface area contributed by atoms with Gasteiger partial charge < -0.3 is 10.3 Å². The first-order chi connectivity index (χ1) is 8.86. The van der Waals surface area contributed by atoms with E-state index in [1.807, 2.05) is 0 Å². The fourth-order valence-electron chi connectivity index (χ4n) is 1.56. The fraction of sp³-hybridized carbons (Fsp3) is 0.333. The van der Waals surface area contributed by atoms with E-state index in [-0.39, 0.29) is 18.4 Å². The van der Waals surface area contributed by atoms with Crippen LogP contribution in [0.25, 0.3) is 0 Å². The van der Waals surface area contributed by atoms with E-state index in [2.05, 4.69) is 10.1 Å². The third-order valence-electron chi connectivity index (χ3n) is 2.50. The van der Waals surface area contributed by atoms with Gasteiger partial charge in [0.15, 0.2) is 5.82 Å². The normalized spacial score (nSPS) is 13.5. The van der Waals surface area contributed by atoms with Crippen LogP contribution in [0.3, 0.4) is 0 Å². The maximum absolute atomic E-state index is 12.5. The van der Waals surface area contributed by atoms with Crippen molar-refractivity contribution in [3.63, 3.8) is 0 Å². The van der Waals surface area contributed by atoms with Gasteiger partial charge in [-0.05, 0) is 18.6 Å². The maximum Gasteiger partial charge on any atom is 0.416 e. The Balaban J connectivity index is 2.19. The van der Waals surface area contributed by atoms with Gasteiger partial charge >= 0.3 is 6.18 Å². The SMILES string of the molecule is CC(N)c1noc(Cc2cccc(C(F)(F)F)c2)n1. The smallest absolute Gasteiger partial charge is 0.339 e. The summed E-state index contributed by atoms with van der Waals surface area (Å²) < 4.78 is 42.6. The summed E-state index contributed by atoms with van der Waals surface area (Å²) in [6.45, 7) is 1.69. The molecule has 0 amide bonds. The van der Waals surface area contributed by atoms with Gasteiger partial charge in [-0.2, -0.15) is 18.2 Å². The molecule has 1 heterocycles. The van der Waals surface area contributed by atoms with Crippen LogP contribution in [0, 0.1) is 0 Å². The molecule has 0 saturated carbocycles. The number of benzene rings is 1. The van der Waals surface area contributed by atoms with Gasteiger partial charge in [-0.25, -0.2) is 0 Å². The zero-order valence-electron chi connectivity index (χ0n) is 10.1. The van der Waals surface area contributed by atoms with Gasteiger partial charge in [-0.3, -0.25) is 0 Å². The Kier molecular flexibility index (Phi) is 3.57. The molecule has 1 aromatic heterocycles. The molecule has 19 heavy (non-hydrogen) atoms. The van der Waals surface area contributed by atoms with Crippen LogP contribution in [-0.2, 0) is 12.6 Å². The van der Waals surface area contributed by atoms with Crippen molar-refractivity contribution in [2.75, 3.05) is 0 Å². The van der Waals surface area contributed by atoms with Crippen molar-refractivity contribution < 1.29 is 17.7 Å². The minimum absolute atomic E-state index is 0.142. The van der Waals surface area contributed by atoms with Gasteiger partial charge in [-0.15, -0.1) is 0 Å². The molecule has 0 spiro atoms. The van der Waals surface area contributed by atoms with Crippen molar-refractivity contribution >= 4 is 0 Å². The molecule has 0 aliphatic rings. The van der Waals surface area contributed by atoms with Crippen LogP contribution < -0.4 is 5.73 Å². The van der Waals surface area contributed by atoms with Crippen molar-refractivity contribution in [2.24, 2.45) is 5.73 Å². The van der Waals surface area contributed by atoms with E-state index < -0.39 is 11.7 Å². The third-order valence-corrected chi connectivity index (χ3v) is 2.50. The number of nitrogens with zero attached hydrogens (tertiary/aromatic N) is 2. The first-order valence-electron chi connectivity index (χ1n) is 5.60. The average molecular weight is 271 g/mol. The predicted octanol–water partition coefficient (Wildman–Crippen LogP) is 2.70. The molecule has 0 aliphatic carbocycles. The standard InChI is InChI=1S/C12H12F3N3O/c1-7(16)11-17-10(19-18-11)6-8-3-2-4-9(5-8)12(13,14)15/h2-5,7H,6,16H2,1H3. The minimum atomic E-state index is -4.36. The van der Waals surface area contributed by atoms with E-state index in [1.54, 1.807) is 13.0 Å². The molecule has 0 bridgehead atoms. The fourth-order valence-corrected chi connectivity index (χ4v) is 1.56. The number of alkyl halides is 3. The van der Waals surface area contributed by atoms with Crippen molar-refractivity contribution in [1.82, 2.24) is 10.1 Å². The Bertz CT molecular complexity index is 563. The highest BCUT2D eigenvalue weighted by molar-refractivity contribution is 5.27. The molecule has 1 aromatic carbocycles. The monoisotopic (exact) mass is 271 g/mol. The highest BCUT2D eigenvalue weighted by Gasteiger charge is 2.30. The van der Waals surface area contributed by atoms with Crippen LogP contribution in [0.4, 0.5) is 13.2 Å². The quantitative estimate of drug-likeness (QED) is 0.932. The summed E-state index contributed by atoms with van der Waals surface area (Å²) in [4.78, 5) is 4.01. The van der Waals surface area contributed by atoms with Crippen molar-refractivity contribution in [3.05, 3.63) is 47.1 Å². The zero-order valence-corrected chi connectivity index (χ0v) is 10.1. The second-order valence-electron chi connectivity index (χ2n) is 4.21. The summed E-state index contributed by atoms with van der Waals surface area (Å²) in [5.74, 6) is 0.577. The number of halogens is 3. The molecule has 2 aromatic rings. The van der Waals surface area contributed by atoms with Crippen LogP contribution in [0.15, 0.2) is 28.8 Å². The lowest BCUT2D eigenvalue weighted by Gasteiger charge is -2.07. The first-order valence-corrected chi connectivity index (χ1v) is 5.60. The molecule has 2 N–H and O–H groups in total. The molecular weight excluding hydrogens is 259 g/mol. The second-order valence-corrected chi connectivity index (χ2v) is 4.21. The summed E-state index contributed by atoms with van der Waals surface area (Å²) in [5, 5.41) is 3.65.